The molecule has 1 amide bonds. The molecule has 0 bridgehead atoms. The van der Waals surface area contributed by atoms with Crippen molar-refractivity contribution >= 4 is 12.1 Å². The zero-order valence-corrected chi connectivity index (χ0v) is 16.1. The van der Waals surface area contributed by atoms with E-state index < -0.39 is 11.6 Å². The van der Waals surface area contributed by atoms with Crippen LogP contribution in [0, 0.1) is 0 Å². The van der Waals surface area contributed by atoms with Crippen molar-refractivity contribution < 1.29 is 19.4 Å². The van der Waals surface area contributed by atoms with E-state index in [2.05, 4.69) is 10.4 Å². The number of aromatic carboxylic acids is 1. The number of aryl methyl sites for hydroxylation is 1. The van der Waals surface area contributed by atoms with Gasteiger partial charge < -0.3 is 15.2 Å². The number of hydrogen-bond donors (Lipinski definition) is 2. The van der Waals surface area contributed by atoms with E-state index in [0.717, 1.165) is 36.9 Å². The van der Waals surface area contributed by atoms with Gasteiger partial charge in [0.15, 0.2) is 0 Å². The summed E-state index contributed by atoms with van der Waals surface area (Å²) in [7, 11) is 0. The molecule has 0 radical (unpaired) electrons. The Morgan fingerprint density at radius 1 is 1.19 bits per heavy atom. The Kier molecular flexibility index (Phi) is 6.98. The molecule has 2 rings (SSSR count). The number of unbranched alkanes of at least 4 members (excludes halogenated alkanes) is 2. The lowest BCUT2D eigenvalue weighted by Crippen LogP contribution is -2.33. The lowest BCUT2D eigenvalue weighted by atomic mass is 10.1. The van der Waals surface area contributed by atoms with Crippen molar-refractivity contribution in [3.63, 3.8) is 0 Å². The van der Waals surface area contributed by atoms with Crippen molar-refractivity contribution in [2.45, 2.75) is 52.2 Å². The Bertz CT molecular complexity index is 778. The van der Waals surface area contributed by atoms with Gasteiger partial charge in [0.25, 0.3) is 0 Å². The van der Waals surface area contributed by atoms with E-state index in [-0.39, 0.29) is 11.7 Å². The fourth-order valence-electron chi connectivity index (χ4n) is 2.55. The van der Waals surface area contributed by atoms with E-state index in [1.165, 1.54) is 0 Å². The van der Waals surface area contributed by atoms with Gasteiger partial charge in [-0.1, -0.05) is 12.1 Å². The highest BCUT2D eigenvalue weighted by Gasteiger charge is 2.15. The number of ether oxygens (including phenoxy) is 1. The summed E-state index contributed by atoms with van der Waals surface area (Å²) >= 11 is 0. The van der Waals surface area contributed by atoms with Crippen molar-refractivity contribution in [2.24, 2.45) is 0 Å². The number of nitrogens with zero attached hydrogens (tertiary/aromatic N) is 2. The van der Waals surface area contributed by atoms with Crippen LogP contribution in [0.1, 0.15) is 50.4 Å². The summed E-state index contributed by atoms with van der Waals surface area (Å²) in [5.41, 5.74) is 1.51. The molecule has 0 aliphatic carbocycles. The number of carboxylic acid groups (broad SMARTS) is 1. The summed E-state index contributed by atoms with van der Waals surface area (Å²) in [4.78, 5) is 22.6. The number of amides is 1. The standard InChI is InChI=1S/C20H27N3O4/c1-20(2,3)27-19(26)21-10-5-4-6-11-23-14-17(13-22-23)15-8-7-9-16(12-15)18(24)25/h7-9,12-14H,4-6,10-11H2,1-3H3,(H,21,26)(H,24,25). The second kappa shape index (κ2) is 9.21. The second-order valence-corrected chi connectivity index (χ2v) is 7.37. The summed E-state index contributed by atoms with van der Waals surface area (Å²) < 4.78 is 7.03. The molecule has 7 heteroatoms. The third kappa shape index (κ3) is 7.13. The molecule has 2 aromatic rings. The third-order valence-corrected chi connectivity index (χ3v) is 3.81. The van der Waals surface area contributed by atoms with Crippen LogP contribution in [0.3, 0.4) is 0 Å². The molecule has 0 saturated carbocycles. The van der Waals surface area contributed by atoms with Crippen LogP contribution in [0.25, 0.3) is 11.1 Å². The van der Waals surface area contributed by atoms with Crippen molar-refractivity contribution in [2.75, 3.05) is 6.54 Å². The Labute approximate surface area is 159 Å². The van der Waals surface area contributed by atoms with Gasteiger partial charge >= 0.3 is 12.1 Å². The first-order valence-corrected chi connectivity index (χ1v) is 9.07. The highest BCUT2D eigenvalue weighted by atomic mass is 16.6. The summed E-state index contributed by atoms with van der Waals surface area (Å²) in [6.45, 7) is 6.86. The molecular formula is C20H27N3O4. The maximum Gasteiger partial charge on any atom is 0.407 e. The van der Waals surface area contributed by atoms with Crippen molar-refractivity contribution in [3.8, 4) is 11.1 Å². The van der Waals surface area contributed by atoms with Gasteiger partial charge in [-0.2, -0.15) is 5.10 Å². The van der Waals surface area contributed by atoms with Crippen LogP contribution in [0.5, 0.6) is 0 Å². The van der Waals surface area contributed by atoms with Crippen LogP contribution >= 0.6 is 0 Å². The lowest BCUT2D eigenvalue weighted by Gasteiger charge is -2.19. The van der Waals surface area contributed by atoms with Crippen LogP contribution in [0.15, 0.2) is 36.7 Å². The maximum absolute atomic E-state index is 11.5. The Morgan fingerprint density at radius 2 is 1.96 bits per heavy atom. The van der Waals surface area contributed by atoms with Crippen LogP contribution in [0.2, 0.25) is 0 Å². The van der Waals surface area contributed by atoms with Gasteiger partial charge in [0, 0.05) is 24.8 Å². The smallest absolute Gasteiger partial charge is 0.407 e. The average Bonchev–Trinajstić information content (AvgIpc) is 3.05. The predicted molar refractivity (Wildman–Crippen MR) is 103 cm³/mol. The fourth-order valence-corrected chi connectivity index (χ4v) is 2.55. The zero-order chi connectivity index (χ0) is 19.9. The molecule has 0 saturated heterocycles. The average molecular weight is 373 g/mol. The Morgan fingerprint density at radius 3 is 2.67 bits per heavy atom. The molecule has 0 spiro atoms. The molecule has 0 fully saturated rings. The van der Waals surface area contributed by atoms with E-state index >= 15 is 0 Å². The van der Waals surface area contributed by atoms with Gasteiger partial charge in [-0.15, -0.1) is 0 Å². The van der Waals surface area contributed by atoms with Crippen molar-refractivity contribution in [1.82, 2.24) is 15.1 Å². The topological polar surface area (TPSA) is 93.5 Å². The van der Waals surface area contributed by atoms with E-state index in [9.17, 15) is 9.59 Å². The Balaban J connectivity index is 1.72. The minimum Gasteiger partial charge on any atom is -0.478 e. The summed E-state index contributed by atoms with van der Waals surface area (Å²) in [5, 5.41) is 16.2. The maximum atomic E-state index is 11.5. The Hall–Kier alpha value is -2.83. The number of nitrogens with one attached hydrogen (secondary N) is 1. The van der Waals surface area contributed by atoms with Gasteiger partial charge in [-0.25, -0.2) is 9.59 Å². The number of benzene rings is 1. The molecule has 0 aliphatic rings. The normalized spacial score (nSPS) is 11.2. The van der Waals surface area contributed by atoms with Gasteiger partial charge in [0.2, 0.25) is 0 Å². The number of aromatic nitrogens is 2. The van der Waals surface area contributed by atoms with E-state index in [4.69, 9.17) is 9.84 Å². The van der Waals surface area contributed by atoms with E-state index in [0.29, 0.717) is 6.54 Å². The quantitative estimate of drug-likeness (QED) is 0.684. The van der Waals surface area contributed by atoms with E-state index in [1.807, 2.05) is 37.7 Å². The molecule has 0 atom stereocenters. The molecule has 1 aromatic carbocycles. The molecule has 146 valence electrons. The summed E-state index contributed by atoms with van der Waals surface area (Å²) in [5.74, 6) is -0.941. The van der Waals surface area contributed by atoms with Crippen LogP contribution in [0.4, 0.5) is 4.79 Å². The number of rotatable bonds is 8. The van der Waals surface area contributed by atoms with Crippen LogP contribution in [-0.4, -0.2) is 39.1 Å². The van der Waals surface area contributed by atoms with Crippen LogP contribution < -0.4 is 5.32 Å². The molecular weight excluding hydrogens is 346 g/mol. The van der Waals surface area contributed by atoms with Gasteiger partial charge in [0.05, 0.1) is 11.8 Å². The fraction of sp³-hybridized carbons (Fsp3) is 0.450. The molecule has 0 aliphatic heterocycles. The first-order chi connectivity index (χ1) is 12.7. The highest BCUT2D eigenvalue weighted by Crippen LogP contribution is 2.20. The van der Waals surface area contributed by atoms with Crippen molar-refractivity contribution in [3.05, 3.63) is 42.2 Å². The number of alkyl carbamates (subject to hydrolysis) is 1. The first kappa shape index (κ1) is 20.5. The first-order valence-electron chi connectivity index (χ1n) is 9.07. The number of hydrogen-bond acceptors (Lipinski definition) is 4. The molecule has 27 heavy (non-hydrogen) atoms. The molecule has 1 heterocycles. The van der Waals surface area contributed by atoms with Crippen molar-refractivity contribution in [1.29, 1.82) is 0 Å². The molecule has 1 aromatic heterocycles. The molecule has 7 nitrogen and oxygen atoms in total. The lowest BCUT2D eigenvalue weighted by molar-refractivity contribution is 0.0526. The minimum absolute atomic E-state index is 0.262. The predicted octanol–water partition coefficient (Wildman–Crippen LogP) is 3.94. The second-order valence-electron chi connectivity index (χ2n) is 7.37. The van der Waals surface area contributed by atoms with Crippen LogP contribution in [-0.2, 0) is 11.3 Å². The number of carbonyl (C=O) groups is 2. The van der Waals surface area contributed by atoms with Gasteiger partial charge in [-0.05, 0) is 57.7 Å². The number of carbonyl (C=O) groups excluding carboxylic acids is 1. The zero-order valence-electron chi connectivity index (χ0n) is 16.1. The SMILES string of the molecule is CC(C)(C)OC(=O)NCCCCCn1cc(-c2cccc(C(=O)O)c2)cn1. The largest absolute Gasteiger partial charge is 0.478 e. The summed E-state index contributed by atoms with van der Waals surface area (Å²) in [6.07, 6.45) is 6.04. The third-order valence-electron chi connectivity index (χ3n) is 3.81. The molecule has 2 N–H and O–H groups in total. The minimum atomic E-state index is -0.941. The monoisotopic (exact) mass is 373 g/mol. The summed E-state index contributed by atoms with van der Waals surface area (Å²) in [6, 6.07) is 6.82. The highest BCUT2D eigenvalue weighted by molar-refractivity contribution is 5.89. The number of carboxylic acids is 1. The molecule has 0 unspecified atom stereocenters. The van der Waals surface area contributed by atoms with Gasteiger partial charge in [-0.3, -0.25) is 4.68 Å². The van der Waals surface area contributed by atoms with Gasteiger partial charge in [0.1, 0.15) is 5.60 Å². The van der Waals surface area contributed by atoms with E-state index in [1.54, 1.807) is 24.4 Å².